The first-order valence-electron chi connectivity index (χ1n) is 6.25. The van der Waals surface area contributed by atoms with Gasteiger partial charge >= 0.3 is 5.97 Å². The molecule has 1 aromatic rings. The van der Waals surface area contributed by atoms with E-state index in [2.05, 4.69) is 34.8 Å². The molecular formula is C14H18INO3. The first-order valence-corrected chi connectivity index (χ1v) is 7.33. The lowest BCUT2D eigenvalue weighted by atomic mass is 10.2. The van der Waals surface area contributed by atoms with E-state index in [1.807, 2.05) is 19.1 Å². The second-order valence-electron chi connectivity index (χ2n) is 4.34. The van der Waals surface area contributed by atoms with E-state index in [0.29, 0.717) is 5.56 Å². The van der Waals surface area contributed by atoms with Gasteiger partial charge in [-0.05, 0) is 60.2 Å². The fraction of sp³-hybridized carbons (Fsp3) is 0.429. The monoisotopic (exact) mass is 375 g/mol. The van der Waals surface area contributed by atoms with Gasteiger partial charge in [0.15, 0.2) is 6.61 Å². The molecule has 0 saturated carbocycles. The first kappa shape index (κ1) is 15.9. The van der Waals surface area contributed by atoms with Crippen LogP contribution in [-0.4, -0.2) is 24.5 Å². The summed E-state index contributed by atoms with van der Waals surface area (Å²) < 4.78 is 6.00. The zero-order chi connectivity index (χ0) is 14.3. The Labute approximate surface area is 127 Å². The average Bonchev–Trinajstić information content (AvgIpc) is 2.37. The maximum Gasteiger partial charge on any atom is 0.338 e. The summed E-state index contributed by atoms with van der Waals surface area (Å²) in [6.07, 6.45) is 1.92. The molecule has 0 bridgehead atoms. The maximum absolute atomic E-state index is 11.7. The van der Waals surface area contributed by atoms with Gasteiger partial charge in [0.05, 0.1) is 5.56 Å². The van der Waals surface area contributed by atoms with E-state index >= 15 is 0 Å². The summed E-state index contributed by atoms with van der Waals surface area (Å²) in [5.41, 5.74) is 0.454. The van der Waals surface area contributed by atoms with E-state index in [9.17, 15) is 9.59 Å². The molecule has 0 fully saturated rings. The summed E-state index contributed by atoms with van der Waals surface area (Å²) in [7, 11) is 0. The van der Waals surface area contributed by atoms with E-state index in [4.69, 9.17) is 4.74 Å². The third-order valence-corrected chi connectivity index (χ3v) is 3.26. The number of nitrogens with one attached hydrogen (secondary N) is 1. The lowest BCUT2D eigenvalue weighted by Crippen LogP contribution is -2.35. The Morgan fingerprint density at radius 3 is 2.53 bits per heavy atom. The Bertz CT molecular complexity index is 431. The van der Waals surface area contributed by atoms with Crippen molar-refractivity contribution in [2.45, 2.75) is 32.7 Å². The van der Waals surface area contributed by atoms with E-state index in [1.54, 1.807) is 12.1 Å². The van der Waals surface area contributed by atoms with Crippen molar-refractivity contribution >= 4 is 34.5 Å². The average molecular weight is 375 g/mol. The third-order valence-electron chi connectivity index (χ3n) is 2.54. The number of esters is 1. The Balaban J connectivity index is 2.37. The van der Waals surface area contributed by atoms with Crippen LogP contribution in [0.2, 0.25) is 0 Å². The molecule has 104 valence electrons. The molecule has 1 amide bonds. The lowest BCUT2D eigenvalue weighted by molar-refractivity contribution is -0.124. The summed E-state index contributed by atoms with van der Waals surface area (Å²) >= 11 is 2.16. The highest BCUT2D eigenvalue weighted by atomic mass is 127. The van der Waals surface area contributed by atoms with Crippen LogP contribution >= 0.6 is 22.6 Å². The zero-order valence-electron chi connectivity index (χ0n) is 11.1. The Kier molecular flexibility index (Phi) is 6.83. The molecule has 4 nitrogen and oxygen atoms in total. The van der Waals surface area contributed by atoms with E-state index in [1.165, 1.54) is 0 Å². The molecule has 5 heteroatoms. The van der Waals surface area contributed by atoms with Crippen molar-refractivity contribution in [1.82, 2.24) is 5.32 Å². The minimum Gasteiger partial charge on any atom is -0.452 e. The Morgan fingerprint density at radius 2 is 1.95 bits per heavy atom. The smallest absolute Gasteiger partial charge is 0.338 e. The van der Waals surface area contributed by atoms with Crippen molar-refractivity contribution in [3.8, 4) is 0 Å². The van der Waals surface area contributed by atoms with Gasteiger partial charge in [0, 0.05) is 9.61 Å². The van der Waals surface area contributed by atoms with Gasteiger partial charge in [-0.25, -0.2) is 4.79 Å². The standard InChI is InChI=1S/C14H18INO3/c1-3-4-10(2)16-13(17)9-19-14(18)11-5-7-12(15)8-6-11/h5-8,10H,3-4,9H2,1-2H3,(H,16,17)/t10-/m1/s1. The number of carbonyl (C=O) groups excluding carboxylic acids is 2. The minimum absolute atomic E-state index is 0.106. The molecule has 1 atom stereocenters. The highest BCUT2D eigenvalue weighted by Crippen LogP contribution is 2.07. The second-order valence-corrected chi connectivity index (χ2v) is 5.59. The molecule has 1 rings (SSSR count). The highest BCUT2D eigenvalue weighted by molar-refractivity contribution is 14.1. The molecule has 0 spiro atoms. The van der Waals surface area contributed by atoms with Crippen LogP contribution in [0.5, 0.6) is 0 Å². The number of benzene rings is 1. The quantitative estimate of drug-likeness (QED) is 0.615. The molecule has 19 heavy (non-hydrogen) atoms. The van der Waals surface area contributed by atoms with Crippen molar-refractivity contribution in [2.75, 3.05) is 6.61 Å². The molecule has 1 N–H and O–H groups in total. The molecule has 0 aliphatic carbocycles. The summed E-state index contributed by atoms with van der Waals surface area (Å²) in [6, 6.07) is 7.11. The fourth-order valence-electron chi connectivity index (χ4n) is 1.62. The molecule has 0 unspecified atom stereocenters. The van der Waals surface area contributed by atoms with Crippen LogP contribution in [0.4, 0.5) is 0 Å². The number of hydrogen-bond donors (Lipinski definition) is 1. The predicted octanol–water partition coefficient (Wildman–Crippen LogP) is 2.75. The lowest BCUT2D eigenvalue weighted by Gasteiger charge is -2.12. The van der Waals surface area contributed by atoms with E-state index in [0.717, 1.165) is 16.4 Å². The zero-order valence-corrected chi connectivity index (χ0v) is 13.3. The highest BCUT2D eigenvalue weighted by Gasteiger charge is 2.11. The number of hydrogen-bond acceptors (Lipinski definition) is 3. The van der Waals surface area contributed by atoms with Crippen molar-refractivity contribution in [1.29, 1.82) is 0 Å². The maximum atomic E-state index is 11.7. The normalized spacial score (nSPS) is 11.7. The van der Waals surface area contributed by atoms with Crippen LogP contribution in [0.25, 0.3) is 0 Å². The van der Waals surface area contributed by atoms with Crippen LogP contribution in [-0.2, 0) is 9.53 Å². The van der Waals surface area contributed by atoms with Crippen LogP contribution in [0.1, 0.15) is 37.0 Å². The van der Waals surface area contributed by atoms with Gasteiger partial charge < -0.3 is 10.1 Å². The number of halogens is 1. The molecule has 0 aliphatic heterocycles. The summed E-state index contributed by atoms with van der Waals surface area (Å²) in [5.74, 6) is -0.741. The van der Waals surface area contributed by atoms with Gasteiger partial charge in [-0.15, -0.1) is 0 Å². The molecule has 0 heterocycles. The molecule has 0 saturated heterocycles. The topological polar surface area (TPSA) is 55.4 Å². The summed E-state index contributed by atoms with van der Waals surface area (Å²) in [4.78, 5) is 23.2. The molecule has 0 aromatic heterocycles. The second kappa shape index (κ2) is 8.14. The van der Waals surface area contributed by atoms with Crippen molar-refractivity contribution in [3.05, 3.63) is 33.4 Å². The molecule has 0 aliphatic rings. The van der Waals surface area contributed by atoms with E-state index in [-0.39, 0.29) is 18.6 Å². The van der Waals surface area contributed by atoms with Crippen LogP contribution in [0.15, 0.2) is 24.3 Å². The molecule has 1 aromatic carbocycles. The number of ether oxygens (including phenoxy) is 1. The van der Waals surface area contributed by atoms with Crippen LogP contribution in [0, 0.1) is 3.57 Å². The van der Waals surface area contributed by atoms with Gasteiger partial charge in [0.1, 0.15) is 0 Å². The molecular weight excluding hydrogens is 357 g/mol. The van der Waals surface area contributed by atoms with Crippen molar-refractivity contribution in [2.24, 2.45) is 0 Å². The third kappa shape index (κ3) is 6.04. The van der Waals surface area contributed by atoms with E-state index < -0.39 is 5.97 Å². The summed E-state index contributed by atoms with van der Waals surface area (Å²) in [6.45, 7) is 3.75. The molecule has 0 radical (unpaired) electrons. The van der Waals surface area contributed by atoms with Crippen LogP contribution in [0.3, 0.4) is 0 Å². The number of rotatable bonds is 6. The largest absolute Gasteiger partial charge is 0.452 e. The Morgan fingerprint density at radius 1 is 1.32 bits per heavy atom. The predicted molar refractivity (Wildman–Crippen MR) is 82.0 cm³/mol. The Hall–Kier alpha value is -1.11. The van der Waals surface area contributed by atoms with Gasteiger partial charge in [-0.3, -0.25) is 4.79 Å². The van der Waals surface area contributed by atoms with Gasteiger partial charge in [0.25, 0.3) is 5.91 Å². The van der Waals surface area contributed by atoms with Crippen molar-refractivity contribution in [3.63, 3.8) is 0 Å². The van der Waals surface area contributed by atoms with Gasteiger partial charge in [-0.1, -0.05) is 13.3 Å². The number of amides is 1. The summed E-state index contributed by atoms with van der Waals surface area (Å²) in [5, 5.41) is 2.78. The first-order chi connectivity index (χ1) is 9.02. The van der Waals surface area contributed by atoms with Crippen molar-refractivity contribution < 1.29 is 14.3 Å². The van der Waals surface area contributed by atoms with Gasteiger partial charge in [0.2, 0.25) is 0 Å². The minimum atomic E-state index is -0.477. The van der Waals surface area contributed by atoms with Gasteiger partial charge in [-0.2, -0.15) is 0 Å². The number of carbonyl (C=O) groups is 2. The van der Waals surface area contributed by atoms with Crippen LogP contribution < -0.4 is 5.32 Å². The fourth-order valence-corrected chi connectivity index (χ4v) is 1.98. The SMILES string of the molecule is CCC[C@@H](C)NC(=O)COC(=O)c1ccc(I)cc1.